The molecular weight excluding hydrogens is 250 g/mol. The van der Waals surface area contributed by atoms with Crippen molar-refractivity contribution in [1.82, 2.24) is 5.06 Å². The Bertz CT molecular complexity index is 437. The summed E-state index contributed by atoms with van der Waals surface area (Å²) >= 11 is 5.11. The van der Waals surface area contributed by atoms with Crippen LogP contribution in [0.4, 0.5) is 11.4 Å². The predicted molar refractivity (Wildman–Crippen MR) is 76.4 cm³/mol. The zero-order valence-corrected chi connectivity index (χ0v) is 11.5. The lowest BCUT2D eigenvalue weighted by atomic mass is 10.2. The van der Waals surface area contributed by atoms with Gasteiger partial charge in [0.15, 0.2) is 5.11 Å². The van der Waals surface area contributed by atoms with Gasteiger partial charge in [-0.3, -0.25) is 9.63 Å². The summed E-state index contributed by atoms with van der Waals surface area (Å²) in [6.07, 6.45) is 0.447. The van der Waals surface area contributed by atoms with Crippen LogP contribution in [0, 0.1) is 0 Å². The van der Waals surface area contributed by atoms with Crippen LogP contribution >= 0.6 is 12.2 Å². The maximum absolute atomic E-state index is 11.3. The lowest BCUT2D eigenvalue weighted by Crippen LogP contribution is -2.29. The normalized spacial score (nSPS) is 9.72. The lowest BCUT2D eigenvalue weighted by molar-refractivity contribution is -0.115. The number of hydroxylamine groups is 2. The molecule has 1 aromatic carbocycles. The average Bonchev–Trinajstić information content (AvgIpc) is 2.37. The summed E-state index contributed by atoms with van der Waals surface area (Å²) < 4.78 is 0. The van der Waals surface area contributed by atoms with Gasteiger partial charge in [0, 0.05) is 24.8 Å². The van der Waals surface area contributed by atoms with E-state index in [0.29, 0.717) is 11.5 Å². The Morgan fingerprint density at radius 1 is 1.39 bits per heavy atom. The first-order valence-corrected chi connectivity index (χ1v) is 5.96. The summed E-state index contributed by atoms with van der Waals surface area (Å²) in [5.74, 6) is -0.0243. The summed E-state index contributed by atoms with van der Waals surface area (Å²) in [6.45, 7) is 1.81. The van der Waals surface area contributed by atoms with Gasteiger partial charge in [0.1, 0.15) is 0 Å². The average molecular weight is 267 g/mol. The first-order chi connectivity index (χ1) is 8.56. The number of rotatable bonds is 4. The van der Waals surface area contributed by atoms with E-state index in [9.17, 15) is 4.79 Å². The van der Waals surface area contributed by atoms with Crippen molar-refractivity contribution in [3.05, 3.63) is 24.3 Å². The molecule has 5 nitrogen and oxygen atoms in total. The van der Waals surface area contributed by atoms with Gasteiger partial charge in [0.2, 0.25) is 5.91 Å². The van der Waals surface area contributed by atoms with Gasteiger partial charge >= 0.3 is 0 Å². The minimum absolute atomic E-state index is 0.0243. The molecule has 0 aromatic heterocycles. The zero-order valence-electron chi connectivity index (χ0n) is 10.7. The number of carbonyl (C=O) groups excluding carboxylic acids is 1. The number of hydrogen-bond donors (Lipinski definition) is 2. The maximum atomic E-state index is 11.3. The number of carbonyl (C=O) groups is 1. The molecule has 18 heavy (non-hydrogen) atoms. The fourth-order valence-electron chi connectivity index (χ4n) is 1.21. The monoisotopic (exact) mass is 267 g/mol. The number of thiocarbonyl (C=S) groups is 1. The summed E-state index contributed by atoms with van der Waals surface area (Å²) in [5.41, 5.74) is 1.52. The molecule has 0 atom stereocenters. The van der Waals surface area contributed by atoms with Crippen molar-refractivity contribution in [2.75, 3.05) is 24.8 Å². The standard InChI is InChI=1S/C12H17N3O2S/c1-4-11(16)13-9-6-5-7-10(8-9)14-12(18)15(2)17-3/h5-8H,4H2,1-3H3,(H,13,16)(H,14,18). The Balaban J connectivity index is 2.70. The molecule has 1 amide bonds. The Morgan fingerprint density at radius 2 is 2.00 bits per heavy atom. The minimum Gasteiger partial charge on any atom is -0.331 e. The third-order valence-electron chi connectivity index (χ3n) is 2.28. The van der Waals surface area contributed by atoms with Crippen molar-refractivity contribution in [3.63, 3.8) is 0 Å². The molecule has 1 rings (SSSR count). The summed E-state index contributed by atoms with van der Waals surface area (Å²) in [4.78, 5) is 16.2. The smallest absolute Gasteiger partial charge is 0.224 e. The molecule has 0 unspecified atom stereocenters. The Kier molecular flexibility index (Phi) is 5.54. The topological polar surface area (TPSA) is 53.6 Å². The van der Waals surface area contributed by atoms with Crippen LogP contribution in [0.15, 0.2) is 24.3 Å². The number of hydrogen-bond acceptors (Lipinski definition) is 3. The van der Waals surface area contributed by atoms with Gasteiger partial charge in [0.05, 0.1) is 7.11 Å². The molecule has 0 bridgehead atoms. The van der Waals surface area contributed by atoms with Gasteiger partial charge in [-0.25, -0.2) is 5.06 Å². The van der Waals surface area contributed by atoms with Crippen molar-refractivity contribution >= 4 is 34.6 Å². The van der Waals surface area contributed by atoms with E-state index >= 15 is 0 Å². The SMILES string of the molecule is CCC(=O)Nc1cccc(NC(=S)N(C)OC)c1. The van der Waals surface area contributed by atoms with Gasteiger partial charge in [-0.05, 0) is 30.4 Å². The number of anilines is 2. The highest BCUT2D eigenvalue weighted by Crippen LogP contribution is 2.15. The van der Waals surface area contributed by atoms with Crippen LogP contribution in [-0.2, 0) is 9.63 Å². The van der Waals surface area contributed by atoms with E-state index in [1.165, 1.54) is 12.2 Å². The number of benzene rings is 1. The molecule has 0 radical (unpaired) electrons. The van der Waals surface area contributed by atoms with Crippen molar-refractivity contribution in [2.45, 2.75) is 13.3 Å². The molecule has 2 N–H and O–H groups in total. The lowest BCUT2D eigenvalue weighted by Gasteiger charge is -2.18. The molecule has 98 valence electrons. The van der Waals surface area contributed by atoms with Crippen LogP contribution in [-0.4, -0.2) is 30.2 Å². The third-order valence-corrected chi connectivity index (χ3v) is 2.64. The van der Waals surface area contributed by atoms with E-state index in [1.54, 1.807) is 14.0 Å². The highest BCUT2D eigenvalue weighted by atomic mass is 32.1. The highest BCUT2D eigenvalue weighted by Gasteiger charge is 2.04. The van der Waals surface area contributed by atoms with Crippen LogP contribution in [0.5, 0.6) is 0 Å². The van der Waals surface area contributed by atoms with Gasteiger partial charge in [-0.2, -0.15) is 0 Å². The van der Waals surface area contributed by atoms with Crippen LogP contribution in [0.3, 0.4) is 0 Å². The quantitative estimate of drug-likeness (QED) is 0.647. The Morgan fingerprint density at radius 3 is 2.56 bits per heavy atom. The van der Waals surface area contributed by atoms with E-state index in [-0.39, 0.29) is 5.91 Å². The number of nitrogens with one attached hydrogen (secondary N) is 2. The fraction of sp³-hybridized carbons (Fsp3) is 0.333. The van der Waals surface area contributed by atoms with Crippen LogP contribution in [0.25, 0.3) is 0 Å². The second-order valence-electron chi connectivity index (χ2n) is 3.59. The molecule has 0 aliphatic carbocycles. The molecule has 0 spiro atoms. The maximum Gasteiger partial charge on any atom is 0.224 e. The third kappa shape index (κ3) is 4.31. The molecule has 0 saturated carbocycles. The van der Waals surface area contributed by atoms with E-state index in [4.69, 9.17) is 17.1 Å². The summed E-state index contributed by atoms with van der Waals surface area (Å²) in [6, 6.07) is 7.33. The summed E-state index contributed by atoms with van der Waals surface area (Å²) in [7, 11) is 3.24. The van der Waals surface area contributed by atoms with Crippen LogP contribution in [0.1, 0.15) is 13.3 Å². The fourth-order valence-corrected chi connectivity index (χ4v) is 1.40. The zero-order chi connectivity index (χ0) is 13.5. The molecule has 0 aliphatic heterocycles. The summed E-state index contributed by atoms with van der Waals surface area (Å²) in [5, 5.41) is 7.67. The number of nitrogens with zero attached hydrogens (tertiary/aromatic N) is 1. The van der Waals surface area contributed by atoms with Gasteiger partial charge in [-0.15, -0.1) is 0 Å². The van der Waals surface area contributed by atoms with Gasteiger partial charge in [0.25, 0.3) is 0 Å². The van der Waals surface area contributed by atoms with Crippen molar-refractivity contribution < 1.29 is 9.63 Å². The second-order valence-corrected chi connectivity index (χ2v) is 3.98. The van der Waals surface area contributed by atoms with Crippen LogP contribution in [0.2, 0.25) is 0 Å². The van der Waals surface area contributed by atoms with E-state index in [2.05, 4.69) is 10.6 Å². The molecule has 0 heterocycles. The predicted octanol–water partition coefficient (Wildman–Crippen LogP) is 2.23. The largest absolute Gasteiger partial charge is 0.331 e. The molecule has 0 fully saturated rings. The van der Waals surface area contributed by atoms with E-state index in [0.717, 1.165) is 11.4 Å². The molecule has 1 aromatic rings. The van der Waals surface area contributed by atoms with E-state index < -0.39 is 0 Å². The van der Waals surface area contributed by atoms with Crippen molar-refractivity contribution in [2.24, 2.45) is 0 Å². The molecule has 6 heteroatoms. The Labute approximate surface area is 112 Å². The second kappa shape index (κ2) is 6.93. The highest BCUT2D eigenvalue weighted by molar-refractivity contribution is 7.80. The van der Waals surface area contributed by atoms with Gasteiger partial charge in [-0.1, -0.05) is 13.0 Å². The minimum atomic E-state index is -0.0243. The molecule has 0 aliphatic rings. The van der Waals surface area contributed by atoms with E-state index in [1.807, 2.05) is 24.3 Å². The van der Waals surface area contributed by atoms with Gasteiger partial charge < -0.3 is 10.6 Å². The van der Waals surface area contributed by atoms with Crippen molar-refractivity contribution in [1.29, 1.82) is 0 Å². The number of amides is 1. The molecule has 0 saturated heterocycles. The van der Waals surface area contributed by atoms with Crippen LogP contribution < -0.4 is 10.6 Å². The first kappa shape index (κ1) is 14.4. The Hall–Kier alpha value is -1.66. The molecular formula is C12H17N3O2S. The van der Waals surface area contributed by atoms with Crippen molar-refractivity contribution in [3.8, 4) is 0 Å². The first-order valence-electron chi connectivity index (χ1n) is 5.55.